The van der Waals surface area contributed by atoms with E-state index in [1.165, 1.54) is 11.9 Å². The van der Waals surface area contributed by atoms with Crippen LogP contribution in [0.2, 0.25) is 0 Å². The van der Waals surface area contributed by atoms with Gasteiger partial charge in [0.25, 0.3) is 0 Å². The number of aromatic nitrogens is 1. The molecule has 1 rings (SSSR count). The van der Waals surface area contributed by atoms with Crippen LogP contribution in [-0.4, -0.2) is 28.9 Å². The van der Waals surface area contributed by atoms with E-state index in [1.54, 1.807) is 0 Å². The smallest absolute Gasteiger partial charge is 0.338 e. The summed E-state index contributed by atoms with van der Waals surface area (Å²) in [6.45, 7) is 5.50. The van der Waals surface area contributed by atoms with Gasteiger partial charge in [0, 0.05) is 12.4 Å². The van der Waals surface area contributed by atoms with Gasteiger partial charge in [0.1, 0.15) is 5.01 Å². The summed E-state index contributed by atoms with van der Waals surface area (Å²) < 4.78 is 37.3. The second-order valence-corrected chi connectivity index (χ2v) is 6.60. The quantitative estimate of drug-likeness (QED) is 0.916. The first kappa shape index (κ1) is 20.1. The van der Waals surface area contributed by atoms with Crippen molar-refractivity contribution in [2.24, 2.45) is 11.1 Å². The van der Waals surface area contributed by atoms with E-state index in [0.29, 0.717) is 0 Å². The van der Waals surface area contributed by atoms with Crippen LogP contribution in [0.5, 0.6) is 0 Å². The molecule has 9 heteroatoms. The highest BCUT2D eigenvalue weighted by atomic mass is 35.5. The number of rotatable bonds is 3. The van der Waals surface area contributed by atoms with Crippen LogP contribution in [0.25, 0.3) is 0 Å². The molecule has 0 bridgehead atoms. The summed E-state index contributed by atoms with van der Waals surface area (Å²) in [5, 5.41) is 1.17. The van der Waals surface area contributed by atoms with Crippen LogP contribution in [0.1, 0.15) is 31.5 Å². The zero-order valence-corrected chi connectivity index (χ0v) is 13.8. The minimum absolute atomic E-state index is 0. The van der Waals surface area contributed by atoms with Crippen molar-refractivity contribution >= 4 is 29.7 Å². The molecule has 1 aromatic heterocycles. The standard InChI is InChI=1S/C12H18F3N3OS.ClH/c1-11(2,3)9(16)10(19)18(4)5-8-17-7(6-20-8)12(13,14)15;/h6,9H,5,16H2,1-4H3;1H/t9-;/m1./s1. The first-order valence-electron chi connectivity index (χ1n) is 5.95. The number of nitrogens with zero attached hydrogens (tertiary/aromatic N) is 2. The van der Waals surface area contributed by atoms with Gasteiger partial charge in [-0.05, 0) is 5.41 Å². The monoisotopic (exact) mass is 345 g/mol. The van der Waals surface area contributed by atoms with Crippen molar-refractivity contribution in [3.8, 4) is 0 Å². The minimum atomic E-state index is -4.46. The lowest BCUT2D eigenvalue weighted by Crippen LogP contribution is -2.48. The second kappa shape index (κ2) is 6.93. The molecule has 0 aromatic carbocycles. The Bertz CT molecular complexity index is 485. The van der Waals surface area contributed by atoms with Gasteiger partial charge in [-0.3, -0.25) is 4.79 Å². The van der Waals surface area contributed by atoms with Crippen LogP contribution >= 0.6 is 23.7 Å². The first-order valence-corrected chi connectivity index (χ1v) is 6.83. The Labute approximate surface area is 131 Å². The molecule has 0 spiro atoms. The summed E-state index contributed by atoms with van der Waals surface area (Å²) >= 11 is 0.876. The Morgan fingerprint density at radius 2 is 1.95 bits per heavy atom. The van der Waals surface area contributed by atoms with Crippen LogP contribution in [0.15, 0.2) is 5.38 Å². The Kier molecular flexibility index (Phi) is 6.65. The highest BCUT2D eigenvalue weighted by Crippen LogP contribution is 2.30. The number of nitrogens with two attached hydrogens (primary N) is 1. The molecule has 1 aromatic rings. The van der Waals surface area contributed by atoms with E-state index < -0.39 is 23.3 Å². The van der Waals surface area contributed by atoms with E-state index >= 15 is 0 Å². The first-order chi connectivity index (χ1) is 8.93. The molecule has 1 atom stereocenters. The largest absolute Gasteiger partial charge is 0.434 e. The van der Waals surface area contributed by atoms with Crippen molar-refractivity contribution in [3.63, 3.8) is 0 Å². The molecule has 2 N–H and O–H groups in total. The van der Waals surface area contributed by atoms with Gasteiger partial charge >= 0.3 is 6.18 Å². The van der Waals surface area contributed by atoms with Gasteiger partial charge in [-0.15, -0.1) is 23.7 Å². The predicted molar refractivity (Wildman–Crippen MR) is 78.3 cm³/mol. The molecule has 122 valence electrons. The SMILES string of the molecule is CN(Cc1nc(C(F)(F)F)cs1)C(=O)[C@@H](N)C(C)(C)C.Cl. The Balaban J connectivity index is 0.00000400. The maximum Gasteiger partial charge on any atom is 0.434 e. The normalized spacial score (nSPS) is 13.5. The van der Waals surface area contributed by atoms with Crippen molar-refractivity contribution in [3.05, 3.63) is 16.1 Å². The molecule has 0 aliphatic heterocycles. The van der Waals surface area contributed by atoms with E-state index in [9.17, 15) is 18.0 Å². The van der Waals surface area contributed by atoms with Crippen molar-refractivity contribution < 1.29 is 18.0 Å². The zero-order chi connectivity index (χ0) is 15.7. The molecular formula is C12H19ClF3N3OS. The summed E-state index contributed by atoms with van der Waals surface area (Å²) in [4.78, 5) is 16.8. The molecule has 21 heavy (non-hydrogen) atoms. The number of amides is 1. The van der Waals surface area contributed by atoms with Crippen molar-refractivity contribution in [2.45, 2.75) is 39.5 Å². The van der Waals surface area contributed by atoms with Crippen LogP contribution in [0.3, 0.4) is 0 Å². The second-order valence-electron chi connectivity index (χ2n) is 5.66. The van der Waals surface area contributed by atoms with Gasteiger partial charge < -0.3 is 10.6 Å². The van der Waals surface area contributed by atoms with Crippen LogP contribution < -0.4 is 5.73 Å². The lowest BCUT2D eigenvalue weighted by atomic mass is 9.86. The fourth-order valence-corrected chi connectivity index (χ4v) is 2.26. The fourth-order valence-electron chi connectivity index (χ4n) is 1.40. The zero-order valence-electron chi connectivity index (χ0n) is 12.2. The summed E-state index contributed by atoms with van der Waals surface area (Å²) in [6.07, 6.45) is -4.46. The fraction of sp³-hybridized carbons (Fsp3) is 0.667. The van der Waals surface area contributed by atoms with Crippen molar-refractivity contribution in [1.29, 1.82) is 0 Å². The third kappa shape index (κ3) is 5.44. The average Bonchev–Trinajstić information content (AvgIpc) is 2.73. The van der Waals surface area contributed by atoms with Crippen molar-refractivity contribution in [1.82, 2.24) is 9.88 Å². The third-order valence-electron chi connectivity index (χ3n) is 2.79. The molecule has 1 amide bonds. The maximum absolute atomic E-state index is 12.4. The summed E-state index contributed by atoms with van der Waals surface area (Å²) in [7, 11) is 1.50. The van der Waals surface area contributed by atoms with E-state index in [0.717, 1.165) is 16.7 Å². The van der Waals surface area contributed by atoms with Gasteiger partial charge in [0.2, 0.25) is 5.91 Å². The molecular weight excluding hydrogens is 327 g/mol. The Hall–Kier alpha value is -0.860. The summed E-state index contributed by atoms with van der Waals surface area (Å²) in [6, 6.07) is -0.713. The number of hydrogen-bond donors (Lipinski definition) is 1. The number of thiazole rings is 1. The van der Waals surface area contributed by atoms with Crippen LogP contribution in [-0.2, 0) is 17.5 Å². The highest BCUT2D eigenvalue weighted by molar-refractivity contribution is 7.09. The summed E-state index contributed by atoms with van der Waals surface area (Å²) in [5.74, 6) is -0.318. The molecule has 1 heterocycles. The molecule has 0 aliphatic carbocycles. The van der Waals surface area contributed by atoms with Crippen LogP contribution in [0, 0.1) is 5.41 Å². The minimum Gasteiger partial charge on any atom is -0.338 e. The van der Waals surface area contributed by atoms with E-state index in [-0.39, 0.29) is 29.9 Å². The molecule has 0 unspecified atom stereocenters. The third-order valence-corrected chi connectivity index (χ3v) is 3.62. The molecule has 4 nitrogen and oxygen atoms in total. The number of alkyl halides is 3. The number of halogens is 4. The van der Waals surface area contributed by atoms with Gasteiger partial charge in [0.15, 0.2) is 5.69 Å². The molecule has 0 fully saturated rings. The summed E-state index contributed by atoms with van der Waals surface area (Å²) in [5.41, 5.74) is 4.49. The number of likely N-dealkylation sites (N-methyl/N-ethyl adjacent to an activating group) is 1. The van der Waals surface area contributed by atoms with E-state index in [4.69, 9.17) is 5.73 Å². The maximum atomic E-state index is 12.4. The lowest BCUT2D eigenvalue weighted by molar-refractivity contribution is -0.140. The molecule has 0 radical (unpaired) electrons. The van der Waals surface area contributed by atoms with Crippen molar-refractivity contribution in [2.75, 3.05) is 7.05 Å². The highest BCUT2D eigenvalue weighted by Gasteiger charge is 2.34. The topological polar surface area (TPSA) is 59.2 Å². The van der Waals surface area contributed by atoms with E-state index in [1.807, 2.05) is 20.8 Å². The van der Waals surface area contributed by atoms with Gasteiger partial charge in [-0.2, -0.15) is 13.2 Å². The number of hydrogen-bond acceptors (Lipinski definition) is 4. The molecule has 0 aliphatic rings. The van der Waals surface area contributed by atoms with E-state index in [2.05, 4.69) is 4.98 Å². The number of carbonyl (C=O) groups excluding carboxylic acids is 1. The Morgan fingerprint density at radius 3 is 2.33 bits per heavy atom. The lowest BCUT2D eigenvalue weighted by Gasteiger charge is -2.29. The van der Waals surface area contributed by atoms with Crippen LogP contribution in [0.4, 0.5) is 13.2 Å². The Morgan fingerprint density at radius 1 is 1.43 bits per heavy atom. The average molecular weight is 346 g/mol. The predicted octanol–water partition coefficient (Wildman–Crippen LogP) is 2.92. The number of carbonyl (C=O) groups is 1. The van der Waals surface area contributed by atoms with Gasteiger partial charge in [0.05, 0.1) is 12.6 Å². The van der Waals surface area contributed by atoms with Gasteiger partial charge in [-0.25, -0.2) is 4.98 Å². The molecule has 0 saturated heterocycles. The molecule has 0 saturated carbocycles. The van der Waals surface area contributed by atoms with Gasteiger partial charge in [-0.1, -0.05) is 20.8 Å².